The van der Waals surface area contributed by atoms with Gasteiger partial charge in [-0.25, -0.2) is 9.97 Å². The molecule has 1 aromatic carbocycles. The third-order valence-corrected chi connectivity index (χ3v) is 5.22. The maximum atomic E-state index is 4.51. The summed E-state index contributed by atoms with van der Waals surface area (Å²) in [7, 11) is 1.85. The minimum atomic E-state index is 0. The van der Waals surface area contributed by atoms with Crippen molar-refractivity contribution in [1.29, 1.82) is 0 Å². The Bertz CT molecular complexity index is 910. The largest absolute Gasteiger partial charge is 0.352 e. The summed E-state index contributed by atoms with van der Waals surface area (Å²) in [6, 6.07) is 14.8. The molecule has 1 saturated heterocycles. The molecule has 0 radical (unpaired) electrons. The van der Waals surface area contributed by atoms with Gasteiger partial charge < -0.3 is 10.2 Å². The van der Waals surface area contributed by atoms with E-state index < -0.39 is 0 Å². The topological polar surface area (TPSA) is 58.3 Å². The Hall–Kier alpha value is -2.42. The highest BCUT2D eigenvalue weighted by Gasteiger charge is 2.25. The zero-order valence-corrected chi connectivity index (χ0v) is 18.9. The molecule has 6 nitrogen and oxygen atoms in total. The Morgan fingerprint density at radius 1 is 1.17 bits per heavy atom. The smallest absolute Gasteiger partial charge is 0.193 e. The van der Waals surface area contributed by atoms with Gasteiger partial charge in [0.15, 0.2) is 5.96 Å². The number of benzene rings is 1. The van der Waals surface area contributed by atoms with E-state index in [4.69, 9.17) is 0 Å². The Balaban J connectivity index is 0.00000240. The van der Waals surface area contributed by atoms with E-state index in [9.17, 15) is 0 Å². The first-order chi connectivity index (χ1) is 13.8. The third-order valence-electron chi connectivity index (χ3n) is 5.22. The van der Waals surface area contributed by atoms with Crippen molar-refractivity contribution >= 4 is 29.9 Å². The number of pyridine rings is 1. The Labute approximate surface area is 189 Å². The first-order valence-electron chi connectivity index (χ1n) is 9.75. The van der Waals surface area contributed by atoms with E-state index in [1.165, 1.54) is 12.0 Å². The van der Waals surface area contributed by atoms with Crippen LogP contribution in [0.25, 0.3) is 5.82 Å². The van der Waals surface area contributed by atoms with E-state index in [0.717, 1.165) is 36.9 Å². The van der Waals surface area contributed by atoms with Gasteiger partial charge in [0.25, 0.3) is 0 Å². The number of hydrogen-bond acceptors (Lipinski definition) is 3. The van der Waals surface area contributed by atoms with Crippen LogP contribution in [-0.2, 0) is 13.0 Å². The van der Waals surface area contributed by atoms with Crippen molar-refractivity contribution in [3.8, 4) is 5.82 Å². The molecule has 3 aromatic rings. The molecular weight excluding hydrogens is 475 g/mol. The quantitative estimate of drug-likeness (QED) is 0.330. The van der Waals surface area contributed by atoms with Crippen molar-refractivity contribution in [1.82, 2.24) is 24.8 Å². The summed E-state index contributed by atoms with van der Waals surface area (Å²) >= 11 is 0. The highest BCUT2D eigenvalue weighted by molar-refractivity contribution is 14.0. The van der Waals surface area contributed by atoms with Crippen LogP contribution in [-0.4, -0.2) is 45.5 Å². The lowest BCUT2D eigenvalue weighted by molar-refractivity contribution is 0.459. The number of rotatable bonds is 5. The minimum absolute atomic E-state index is 0. The van der Waals surface area contributed by atoms with Gasteiger partial charge >= 0.3 is 0 Å². The summed E-state index contributed by atoms with van der Waals surface area (Å²) in [5.74, 6) is 2.52. The van der Waals surface area contributed by atoms with E-state index in [1.54, 1.807) is 12.5 Å². The fourth-order valence-corrected chi connectivity index (χ4v) is 3.83. The molecule has 1 unspecified atom stereocenters. The minimum Gasteiger partial charge on any atom is -0.352 e. The third kappa shape index (κ3) is 5.35. The van der Waals surface area contributed by atoms with E-state index in [0.29, 0.717) is 12.5 Å². The second-order valence-electron chi connectivity index (χ2n) is 7.15. The second kappa shape index (κ2) is 10.4. The van der Waals surface area contributed by atoms with Crippen LogP contribution in [0.3, 0.4) is 0 Å². The van der Waals surface area contributed by atoms with Crippen LogP contribution in [0.1, 0.15) is 17.5 Å². The summed E-state index contributed by atoms with van der Waals surface area (Å²) < 4.78 is 1.94. The first-order valence-corrected chi connectivity index (χ1v) is 9.75. The highest BCUT2D eigenvalue weighted by atomic mass is 127. The average Bonchev–Trinajstić information content (AvgIpc) is 3.42. The van der Waals surface area contributed by atoms with Crippen molar-refractivity contribution in [2.24, 2.45) is 10.9 Å². The summed E-state index contributed by atoms with van der Waals surface area (Å²) in [5, 5.41) is 3.52. The molecule has 4 rings (SSSR count). The molecule has 0 aliphatic carbocycles. The van der Waals surface area contributed by atoms with Crippen molar-refractivity contribution in [2.75, 3.05) is 20.1 Å². The van der Waals surface area contributed by atoms with E-state index >= 15 is 0 Å². The molecule has 1 aliphatic heterocycles. The van der Waals surface area contributed by atoms with Crippen LogP contribution in [0.2, 0.25) is 0 Å². The Morgan fingerprint density at radius 2 is 2.03 bits per heavy atom. The predicted octanol–water partition coefficient (Wildman–Crippen LogP) is 3.53. The molecular formula is C22H27IN6. The summed E-state index contributed by atoms with van der Waals surface area (Å²) in [6.07, 6.45) is 9.58. The molecule has 29 heavy (non-hydrogen) atoms. The molecule has 1 fully saturated rings. The number of halogens is 1. The van der Waals surface area contributed by atoms with Crippen LogP contribution in [0, 0.1) is 5.92 Å². The first kappa shape index (κ1) is 21.3. The number of aromatic nitrogens is 3. The zero-order chi connectivity index (χ0) is 19.2. The molecule has 1 N–H and O–H groups in total. The van der Waals surface area contributed by atoms with Gasteiger partial charge in [0, 0.05) is 50.8 Å². The lowest BCUT2D eigenvalue weighted by Gasteiger charge is -2.22. The number of imidazole rings is 1. The van der Waals surface area contributed by atoms with Crippen LogP contribution < -0.4 is 5.32 Å². The number of likely N-dealkylation sites (tertiary alicyclic amines) is 1. The lowest BCUT2D eigenvalue weighted by atomic mass is 9.99. The monoisotopic (exact) mass is 502 g/mol. The maximum absolute atomic E-state index is 4.51. The van der Waals surface area contributed by atoms with Crippen LogP contribution in [0.5, 0.6) is 0 Å². The molecule has 1 atom stereocenters. The van der Waals surface area contributed by atoms with Gasteiger partial charge in [-0.15, -0.1) is 24.0 Å². The number of nitrogens with one attached hydrogen (secondary N) is 1. The fraction of sp³-hybridized carbons (Fsp3) is 0.318. The van der Waals surface area contributed by atoms with Crippen molar-refractivity contribution < 1.29 is 0 Å². The van der Waals surface area contributed by atoms with E-state index in [2.05, 4.69) is 61.6 Å². The van der Waals surface area contributed by atoms with Crippen molar-refractivity contribution in [3.05, 3.63) is 78.5 Å². The number of nitrogens with zero attached hydrogens (tertiary/aromatic N) is 5. The predicted molar refractivity (Wildman–Crippen MR) is 127 cm³/mol. The second-order valence-corrected chi connectivity index (χ2v) is 7.15. The molecule has 0 bridgehead atoms. The van der Waals surface area contributed by atoms with Crippen molar-refractivity contribution in [3.63, 3.8) is 0 Å². The van der Waals surface area contributed by atoms with E-state index in [-0.39, 0.29) is 24.0 Å². The van der Waals surface area contributed by atoms with Gasteiger partial charge in [-0.3, -0.25) is 9.56 Å². The summed E-state index contributed by atoms with van der Waals surface area (Å²) in [6.45, 7) is 2.75. The molecule has 1 aliphatic rings. The molecule has 2 aromatic heterocycles. The van der Waals surface area contributed by atoms with Gasteiger partial charge in [0.1, 0.15) is 12.1 Å². The lowest BCUT2D eigenvalue weighted by Crippen LogP contribution is -2.39. The summed E-state index contributed by atoms with van der Waals surface area (Å²) in [5.41, 5.74) is 2.53. The average molecular weight is 502 g/mol. The standard InChI is InChI=1S/C22H26N6.HI/c1-23-22(27-12-9-19(16-27)14-18-6-3-2-4-7-18)26-15-20-8-5-10-25-21(20)28-13-11-24-17-28;/h2-8,10-11,13,17,19H,9,12,14-16H2,1H3,(H,23,26);1H. The molecule has 0 spiro atoms. The Morgan fingerprint density at radius 3 is 2.79 bits per heavy atom. The summed E-state index contributed by atoms with van der Waals surface area (Å²) in [4.78, 5) is 15.5. The molecule has 7 heteroatoms. The van der Waals surface area contributed by atoms with Crippen LogP contribution >= 0.6 is 24.0 Å². The zero-order valence-electron chi connectivity index (χ0n) is 16.6. The van der Waals surface area contributed by atoms with Crippen LogP contribution in [0.15, 0.2) is 72.4 Å². The SMILES string of the molecule is CN=C(NCc1cccnc1-n1ccnc1)N1CCC(Cc2ccccc2)C1.I. The fourth-order valence-electron chi connectivity index (χ4n) is 3.83. The molecule has 3 heterocycles. The Kier molecular flexibility index (Phi) is 7.62. The molecule has 152 valence electrons. The highest BCUT2D eigenvalue weighted by Crippen LogP contribution is 2.21. The number of hydrogen-bond donors (Lipinski definition) is 1. The van der Waals surface area contributed by atoms with Crippen molar-refractivity contribution in [2.45, 2.75) is 19.4 Å². The van der Waals surface area contributed by atoms with Gasteiger partial charge in [-0.1, -0.05) is 36.4 Å². The maximum Gasteiger partial charge on any atom is 0.193 e. The molecule has 0 saturated carbocycles. The van der Waals surface area contributed by atoms with E-state index in [1.807, 2.05) is 30.1 Å². The normalized spacial score (nSPS) is 16.5. The van der Waals surface area contributed by atoms with Gasteiger partial charge in [0.2, 0.25) is 0 Å². The van der Waals surface area contributed by atoms with Gasteiger partial charge in [-0.2, -0.15) is 0 Å². The molecule has 0 amide bonds. The van der Waals surface area contributed by atoms with Gasteiger partial charge in [-0.05, 0) is 30.4 Å². The number of guanidine groups is 1. The van der Waals surface area contributed by atoms with Gasteiger partial charge in [0.05, 0.1) is 0 Å². The van der Waals surface area contributed by atoms with Crippen LogP contribution in [0.4, 0.5) is 0 Å². The number of aliphatic imine (C=N–C) groups is 1.